The van der Waals surface area contributed by atoms with Crippen LogP contribution in [0.3, 0.4) is 0 Å². The molecule has 2 N–H and O–H groups in total. The fraction of sp³-hybridized carbons (Fsp3) is 0.667. The molecule has 0 aromatic heterocycles. The predicted octanol–water partition coefficient (Wildman–Crippen LogP) is 0.580. The Morgan fingerprint density at radius 2 is 1.62 bits per heavy atom. The van der Waals surface area contributed by atoms with Crippen molar-refractivity contribution in [3.63, 3.8) is 0 Å². The average molecular weight is 185 g/mol. The molecule has 0 aliphatic rings. The molecule has 0 aromatic carbocycles. The summed E-state index contributed by atoms with van der Waals surface area (Å²) in [7, 11) is 0. The number of amides is 1. The number of carbonyl (C=O) groups excluding carboxylic acids is 3. The molecule has 0 aliphatic carbocycles. The van der Waals surface area contributed by atoms with E-state index in [1.165, 1.54) is 6.92 Å². The lowest BCUT2D eigenvalue weighted by molar-refractivity contribution is -0.126. The third kappa shape index (κ3) is 8.72. The maximum absolute atomic E-state index is 11.0. The summed E-state index contributed by atoms with van der Waals surface area (Å²) < 4.78 is 0. The highest BCUT2D eigenvalue weighted by Crippen LogP contribution is 2.02. The van der Waals surface area contributed by atoms with Gasteiger partial charge in [0.2, 0.25) is 5.91 Å². The summed E-state index contributed by atoms with van der Waals surface area (Å²) in [6, 6.07) is 0. The molecule has 0 atom stereocenters. The zero-order valence-electron chi connectivity index (χ0n) is 7.84. The van der Waals surface area contributed by atoms with Crippen LogP contribution in [-0.2, 0) is 14.4 Å². The van der Waals surface area contributed by atoms with Crippen LogP contribution in [0.15, 0.2) is 0 Å². The minimum atomic E-state index is -0.348. The van der Waals surface area contributed by atoms with E-state index in [1.54, 1.807) is 0 Å². The molecular formula is C9H15NO3. The van der Waals surface area contributed by atoms with Crippen molar-refractivity contribution in [3.05, 3.63) is 0 Å². The number of ketones is 2. The number of rotatable bonds is 7. The van der Waals surface area contributed by atoms with Crippen LogP contribution in [0.5, 0.6) is 0 Å². The van der Waals surface area contributed by atoms with Gasteiger partial charge in [0, 0.05) is 12.8 Å². The van der Waals surface area contributed by atoms with Crippen molar-refractivity contribution in [2.75, 3.05) is 0 Å². The third-order valence-corrected chi connectivity index (χ3v) is 1.57. The van der Waals surface area contributed by atoms with Gasteiger partial charge in [-0.1, -0.05) is 0 Å². The fourth-order valence-electron chi connectivity index (χ4n) is 0.987. The summed E-state index contributed by atoms with van der Waals surface area (Å²) in [4.78, 5) is 31.8. The fourth-order valence-corrected chi connectivity index (χ4v) is 0.987. The van der Waals surface area contributed by atoms with Crippen LogP contribution in [0, 0.1) is 0 Å². The molecule has 0 saturated carbocycles. The largest absolute Gasteiger partial charge is 0.370 e. The molecule has 0 aromatic rings. The van der Waals surface area contributed by atoms with Gasteiger partial charge in [-0.2, -0.15) is 0 Å². The number of Topliss-reactive ketones (excluding diaryl/α,β-unsaturated/α-hetero) is 2. The molecule has 0 heterocycles. The molecule has 0 bridgehead atoms. The topological polar surface area (TPSA) is 77.2 Å². The maximum Gasteiger partial charge on any atom is 0.217 e. The minimum absolute atomic E-state index is 0.0105. The molecule has 4 heteroatoms. The highest BCUT2D eigenvalue weighted by Gasteiger charge is 2.04. The van der Waals surface area contributed by atoms with E-state index in [2.05, 4.69) is 0 Å². The molecule has 0 radical (unpaired) electrons. The summed E-state index contributed by atoms with van der Waals surface area (Å²) in [6.07, 6.45) is 1.95. The predicted molar refractivity (Wildman–Crippen MR) is 48.0 cm³/mol. The van der Waals surface area contributed by atoms with Crippen molar-refractivity contribution in [3.8, 4) is 0 Å². The molecule has 0 saturated heterocycles. The zero-order valence-corrected chi connectivity index (χ0v) is 7.84. The Morgan fingerprint density at radius 1 is 1.08 bits per heavy atom. The van der Waals surface area contributed by atoms with Crippen LogP contribution in [0.4, 0.5) is 0 Å². The Labute approximate surface area is 77.5 Å². The van der Waals surface area contributed by atoms with Crippen LogP contribution >= 0.6 is 0 Å². The molecule has 13 heavy (non-hydrogen) atoms. The van der Waals surface area contributed by atoms with E-state index in [1.807, 2.05) is 0 Å². The van der Waals surface area contributed by atoms with Gasteiger partial charge in [-0.15, -0.1) is 0 Å². The molecule has 4 nitrogen and oxygen atoms in total. The number of hydrogen-bond acceptors (Lipinski definition) is 3. The molecule has 1 amide bonds. The van der Waals surface area contributed by atoms with E-state index in [9.17, 15) is 14.4 Å². The summed E-state index contributed by atoms with van der Waals surface area (Å²) in [5.74, 6) is -0.518. The number of unbranched alkanes of at least 4 members (excludes halogenated alkanes) is 1. The lowest BCUT2D eigenvalue weighted by Crippen LogP contribution is -2.10. The van der Waals surface area contributed by atoms with E-state index >= 15 is 0 Å². The highest BCUT2D eigenvalue weighted by atomic mass is 16.1. The minimum Gasteiger partial charge on any atom is -0.370 e. The molecule has 0 fully saturated rings. The first kappa shape index (κ1) is 11.8. The van der Waals surface area contributed by atoms with Gasteiger partial charge in [0.1, 0.15) is 11.6 Å². The van der Waals surface area contributed by atoms with Gasteiger partial charge in [0.25, 0.3) is 0 Å². The van der Waals surface area contributed by atoms with Crippen LogP contribution in [0.25, 0.3) is 0 Å². The van der Waals surface area contributed by atoms with Gasteiger partial charge >= 0.3 is 0 Å². The van der Waals surface area contributed by atoms with Crippen molar-refractivity contribution in [2.45, 2.75) is 39.0 Å². The summed E-state index contributed by atoms with van der Waals surface area (Å²) >= 11 is 0. The Kier molecular flexibility index (Phi) is 5.76. The third-order valence-electron chi connectivity index (χ3n) is 1.57. The Bertz CT molecular complexity index is 211. The SMILES string of the molecule is CC(=O)CC(=O)CCCCC(N)=O. The van der Waals surface area contributed by atoms with Gasteiger partial charge in [-0.05, 0) is 19.8 Å². The second-order valence-electron chi connectivity index (χ2n) is 3.09. The first-order chi connectivity index (χ1) is 6.02. The quantitative estimate of drug-likeness (QED) is 0.465. The van der Waals surface area contributed by atoms with Crippen molar-refractivity contribution in [1.29, 1.82) is 0 Å². The Hall–Kier alpha value is -1.19. The van der Waals surface area contributed by atoms with Gasteiger partial charge in [-0.3, -0.25) is 14.4 Å². The molecule has 0 unspecified atom stereocenters. The van der Waals surface area contributed by atoms with Gasteiger partial charge in [-0.25, -0.2) is 0 Å². The smallest absolute Gasteiger partial charge is 0.217 e. The van der Waals surface area contributed by atoms with Gasteiger partial charge in [0.15, 0.2) is 0 Å². The number of hydrogen-bond donors (Lipinski definition) is 1. The van der Waals surface area contributed by atoms with Crippen molar-refractivity contribution >= 4 is 17.5 Å². The first-order valence-corrected chi connectivity index (χ1v) is 4.32. The van der Waals surface area contributed by atoms with E-state index in [4.69, 9.17) is 5.73 Å². The van der Waals surface area contributed by atoms with Crippen LogP contribution in [0.2, 0.25) is 0 Å². The standard InChI is InChI=1S/C9H15NO3/c1-7(11)6-8(12)4-2-3-5-9(10)13/h2-6H2,1H3,(H2,10,13). The van der Waals surface area contributed by atoms with E-state index < -0.39 is 0 Å². The van der Waals surface area contributed by atoms with Gasteiger partial charge < -0.3 is 5.73 Å². The van der Waals surface area contributed by atoms with Gasteiger partial charge in [0.05, 0.1) is 6.42 Å². The summed E-state index contributed by atoms with van der Waals surface area (Å²) in [5.41, 5.74) is 4.91. The molecule has 0 rings (SSSR count). The first-order valence-electron chi connectivity index (χ1n) is 4.32. The second-order valence-corrected chi connectivity index (χ2v) is 3.09. The Morgan fingerprint density at radius 3 is 2.08 bits per heavy atom. The summed E-state index contributed by atoms with van der Waals surface area (Å²) in [6.45, 7) is 1.39. The monoisotopic (exact) mass is 185 g/mol. The van der Waals surface area contributed by atoms with E-state index in [0.717, 1.165) is 0 Å². The average Bonchev–Trinajstić information content (AvgIpc) is 1.96. The molecule has 0 spiro atoms. The lowest BCUT2D eigenvalue weighted by atomic mass is 10.1. The molecular weight excluding hydrogens is 170 g/mol. The van der Waals surface area contributed by atoms with Crippen molar-refractivity contribution in [2.24, 2.45) is 5.73 Å². The summed E-state index contributed by atoms with van der Waals surface area (Å²) in [5, 5.41) is 0. The van der Waals surface area contributed by atoms with Crippen molar-refractivity contribution in [1.82, 2.24) is 0 Å². The van der Waals surface area contributed by atoms with Crippen LogP contribution in [0.1, 0.15) is 39.0 Å². The number of primary amides is 1. The van der Waals surface area contributed by atoms with E-state index in [0.29, 0.717) is 25.7 Å². The normalized spacial score (nSPS) is 9.62. The molecule has 0 aliphatic heterocycles. The van der Waals surface area contributed by atoms with Crippen molar-refractivity contribution < 1.29 is 14.4 Å². The molecule has 74 valence electrons. The van der Waals surface area contributed by atoms with Crippen LogP contribution in [-0.4, -0.2) is 17.5 Å². The lowest BCUT2D eigenvalue weighted by Gasteiger charge is -1.97. The number of nitrogens with two attached hydrogens (primary N) is 1. The highest BCUT2D eigenvalue weighted by molar-refractivity contribution is 5.97. The van der Waals surface area contributed by atoms with Crippen LogP contribution < -0.4 is 5.73 Å². The van der Waals surface area contributed by atoms with E-state index in [-0.39, 0.29) is 23.9 Å². The second kappa shape index (κ2) is 6.34. The number of carbonyl (C=O) groups is 3. The zero-order chi connectivity index (χ0) is 10.3. The maximum atomic E-state index is 11.0. The Balaban J connectivity index is 3.37.